The molecular formula is C14H23O4P. The van der Waals surface area contributed by atoms with E-state index in [0.717, 1.165) is 11.1 Å². The zero-order valence-electron chi connectivity index (χ0n) is 12.4. The zero-order chi connectivity index (χ0) is 15.0. The summed E-state index contributed by atoms with van der Waals surface area (Å²) in [5.41, 5.74) is 0.924. The van der Waals surface area contributed by atoms with Gasteiger partial charge in [0, 0.05) is 11.1 Å². The van der Waals surface area contributed by atoms with Gasteiger partial charge in [0.1, 0.15) is 11.5 Å². The van der Waals surface area contributed by atoms with Gasteiger partial charge in [0.15, 0.2) is 0 Å². The third-order valence-electron chi connectivity index (χ3n) is 2.89. The average molecular weight is 286 g/mol. The number of aromatic hydroxyl groups is 1. The van der Waals surface area contributed by atoms with Gasteiger partial charge in [0.2, 0.25) is 0 Å². The molecule has 0 spiro atoms. The highest BCUT2D eigenvalue weighted by molar-refractivity contribution is 7.39. The van der Waals surface area contributed by atoms with Gasteiger partial charge in [-0.1, -0.05) is 41.5 Å². The Bertz CT molecular complexity index is 420. The predicted molar refractivity (Wildman–Crippen MR) is 77.5 cm³/mol. The van der Waals surface area contributed by atoms with Gasteiger partial charge in [-0.3, -0.25) is 0 Å². The van der Waals surface area contributed by atoms with Crippen LogP contribution < -0.4 is 4.52 Å². The van der Waals surface area contributed by atoms with Gasteiger partial charge in [-0.15, -0.1) is 0 Å². The van der Waals surface area contributed by atoms with Crippen LogP contribution in [0.3, 0.4) is 0 Å². The molecule has 19 heavy (non-hydrogen) atoms. The van der Waals surface area contributed by atoms with E-state index >= 15 is 0 Å². The third-order valence-corrected chi connectivity index (χ3v) is 3.26. The molecule has 0 unspecified atom stereocenters. The smallest absolute Gasteiger partial charge is 0.391 e. The minimum absolute atomic E-state index is 0.243. The molecule has 108 valence electrons. The van der Waals surface area contributed by atoms with Crippen LogP contribution >= 0.6 is 8.60 Å². The molecule has 4 nitrogen and oxygen atoms in total. The van der Waals surface area contributed by atoms with Gasteiger partial charge in [-0.2, -0.15) is 0 Å². The van der Waals surface area contributed by atoms with Crippen molar-refractivity contribution in [2.75, 3.05) is 0 Å². The second-order valence-corrected chi connectivity index (χ2v) is 7.40. The summed E-state index contributed by atoms with van der Waals surface area (Å²) in [7, 11) is -2.46. The first kappa shape index (κ1) is 16.2. The van der Waals surface area contributed by atoms with E-state index in [1.165, 1.54) is 0 Å². The molecule has 0 radical (unpaired) electrons. The number of hydrogen-bond donors (Lipinski definition) is 3. The minimum atomic E-state index is -2.46. The van der Waals surface area contributed by atoms with Crippen LogP contribution in [-0.2, 0) is 10.8 Å². The largest absolute Gasteiger partial charge is 0.507 e. The molecule has 0 atom stereocenters. The lowest BCUT2D eigenvalue weighted by atomic mass is 9.79. The highest BCUT2D eigenvalue weighted by atomic mass is 31.2. The van der Waals surface area contributed by atoms with E-state index in [9.17, 15) is 5.11 Å². The summed E-state index contributed by atoms with van der Waals surface area (Å²) < 4.78 is 5.01. The molecule has 0 fully saturated rings. The van der Waals surface area contributed by atoms with Crippen LogP contribution in [0, 0.1) is 0 Å². The van der Waals surface area contributed by atoms with Gasteiger partial charge in [0.05, 0.1) is 0 Å². The van der Waals surface area contributed by atoms with Crippen LogP contribution in [-0.4, -0.2) is 14.9 Å². The summed E-state index contributed by atoms with van der Waals surface area (Å²) >= 11 is 0. The normalized spacial score (nSPS) is 12.9. The molecule has 0 aliphatic rings. The molecule has 0 aliphatic carbocycles. The molecule has 0 saturated heterocycles. The van der Waals surface area contributed by atoms with Crippen molar-refractivity contribution >= 4 is 8.60 Å². The molecule has 0 heterocycles. The van der Waals surface area contributed by atoms with E-state index in [2.05, 4.69) is 0 Å². The van der Waals surface area contributed by atoms with Crippen molar-refractivity contribution in [3.05, 3.63) is 23.3 Å². The first-order chi connectivity index (χ1) is 8.43. The van der Waals surface area contributed by atoms with Gasteiger partial charge in [-0.25, -0.2) is 0 Å². The summed E-state index contributed by atoms with van der Waals surface area (Å²) in [5.74, 6) is 0.608. The molecule has 3 N–H and O–H groups in total. The molecule has 0 saturated carbocycles. The van der Waals surface area contributed by atoms with Crippen molar-refractivity contribution in [3.8, 4) is 11.5 Å². The first-order valence-corrected chi connectivity index (χ1v) is 7.33. The van der Waals surface area contributed by atoms with E-state index in [1.54, 1.807) is 12.1 Å². The number of hydrogen-bond acceptors (Lipinski definition) is 4. The number of phenolic OH excluding ortho intramolecular Hbond substituents is 1. The first-order valence-electron chi connectivity index (χ1n) is 6.17. The fourth-order valence-electron chi connectivity index (χ4n) is 1.90. The molecule has 0 aliphatic heterocycles. The Morgan fingerprint density at radius 3 is 1.53 bits per heavy atom. The predicted octanol–water partition coefficient (Wildman–Crippen LogP) is 3.58. The Hall–Kier alpha value is -0.830. The molecule has 1 aromatic rings. The molecule has 5 heteroatoms. The maximum atomic E-state index is 10.4. The van der Waals surface area contributed by atoms with E-state index in [1.807, 2.05) is 41.5 Å². The second kappa shape index (κ2) is 5.28. The monoisotopic (exact) mass is 286 g/mol. The van der Waals surface area contributed by atoms with Crippen LogP contribution in [0.15, 0.2) is 12.1 Å². The van der Waals surface area contributed by atoms with Crippen molar-refractivity contribution in [2.45, 2.75) is 52.4 Å². The van der Waals surface area contributed by atoms with E-state index in [-0.39, 0.29) is 16.6 Å². The molecule has 0 amide bonds. The van der Waals surface area contributed by atoms with E-state index < -0.39 is 8.60 Å². The number of phenols is 1. The van der Waals surface area contributed by atoms with Gasteiger partial charge >= 0.3 is 8.60 Å². The standard InChI is InChI=1S/C14H23O4P/c1-13(2,3)10-7-9(18-19(16)17)8-11(12(10)15)14(4,5)6/h7-8,15-17H,1-6H3. The molecular weight excluding hydrogens is 263 g/mol. The lowest BCUT2D eigenvalue weighted by molar-refractivity contribution is 0.370. The van der Waals surface area contributed by atoms with E-state index in [4.69, 9.17) is 14.3 Å². The number of rotatable bonds is 2. The maximum absolute atomic E-state index is 10.4. The summed E-state index contributed by atoms with van der Waals surface area (Å²) in [6, 6.07) is 3.32. The zero-order valence-corrected chi connectivity index (χ0v) is 13.2. The van der Waals surface area contributed by atoms with Crippen molar-refractivity contribution in [1.82, 2.24) is 0 Å². The summed E-state index contributed by atoms with van der Waals surface area (Å²) in [6.07, 6.45) is 0. The van der Waals surface area contributed by atoms with Crippen molar-refractivity contribution in [2.24, 2.45) is 0 Å². The Kier molecular flexibility index (Phi) is 4.51. The van der Waals surface area contributed by atoms with Crippen LogP contribution in [0.4, 0.5) is 0 Å². The fraction of sp³-hybridized carbons (Fsp3) is 0.571. The van der Waals surface area contributed by atoms with Gasteiger partial charge < -0.3 is 19.4 Å². The summed E-state index contributed by atoms with van der Waals surface area (Å²) in [5, 5.41) is 10.4. The van der Waals surface area contributed by atoms with Crippen molar-refractivity contribution < 1.29 is 19.4 Å². The highest BCUT2D eigenvalue weighted by Gasteiger charge is 2.27. The molecule has 0 aromatic heterocycles. The summed E-state index contributed by atoms with van der Waals surface area (Å²) in [4.78, 5) is 18.0. The average Bonchev–Trinajstić information content (AvgIpc) is 2.16. The van der Waals surface area contributed by atoms with Crippen LogP contribution in [0.2, 0.25) is 0 Å². The third kappa shape index (κ3) is 4.07. The van der Waals surface area contributed by atoms with Crippen molar-refractivity contribution in [1.29, 1.82) is 0 Å². The quantitative estimate of drug-likeness (QED) is 0.727. The minimum Gasteiger partial charge on any atom is -0.507 e. The Balaban J connectivity index is 3.48. The summed E-state index contributed by atoms with van der Waals surface area (Å²) in [6.45, 7) is 11.9. The fourth-order valence-corrected chi connectivity index (χ4v) is 2.19. The molecule has 1 aromatic carbocycles. The Morgan fingerprint density at radius 2 is 1.26 bits per heavy atom. The van der Waals surface area contributed by atoms with E-state index in [0.29, 0.717) is 5.75 Å². The van der Waals surface area contributed by atoms with Gasteiger partial charge in [-0.05, 0) is 23.0 Å². The topological polar surface area (TPSA) is 69.9 Å². The van der Waals surface area contributed by atoms with Gasteiger partial charge in [0.25, 0.3) is 0 Å². The second-order valence-electron chi connectivity index (χ2n) is 6.71. The highest BCUT2D eigenvalue weighted by Crippen LogP contribution is 2.43. The van der Waals surface area contributed by atoms with Crippen molar-refractivity contribution in [3.63, 3.8) is 0 Å². The molecule has 1 rings (SSSR count). The van der Waals surface area contributed by atoms with Crippen LogP contribution in [0.25, 0.3) is 0 Å². The SMILES string of the molecule is CC(C)(C)c1cc(OP(O)O)cc(C(C)(C)C)c1O. The Morgan fingerprint density at radius 1 is 0.895 bits per heavy atom. The lowest BCUT2D eigenvalue weighted by Gasteiger charge is -2.28. The number of benzene rings is 1. The van der Waals surface area contributed by atoms with Crippen LogP contribution in [0.5, 0.6) is 11.5 Å². The Labute approximate surface area is 116 Å². The maximum Gasteiger partial charge on any atom is 0.391 e. The lowest BCUT2D eigenvalue weighted by Crippen LogP contribution is -2.17. The van der Waals surface area contributed by atoms with Crippen LogP contribution in [0.1, 0.15) is 52.7 Å². The molecule has 0 bridgehead atoms.